The van der Waals surface area contributed by atoms with Crippen molar-refractivity contribution in [1.29, 1.82) is 0 Å². The predicted octanol–water partition coefficient (Wildman–Crippen LogP) is -1.10. The minimum atomic E-state index is -2.65. The Morgan fingerprint density at radius 2 is 1.38 bits per heavy atom. The zero-order valence-corrected chi connectivity index (χ0v) is 6.69. The zero-order valence-electron chi connectivity index (χ0n) is 3.64. The van der Waals surface area contributed by atoms with Crippen LogP contribution in [-0.2, 0) is 26.4 Å². The Balaban J connectivity index is 0. The Morgan fingerprint density at radius 3 is 1.38 bits per heavy atom. The predicted molar refractivity (Wildman–Crippen MR) is 28.4 cm³/mol. The molecule has 0 aromatic carbocycles. The van der Waals surface area contributed by atoms with Crippen molar-refractivity contribution in [2.45, 2.75) is 0 Å². The average Bonchev–Trinajstić information content (AvgIpc) is 1.27. The second-order valence-corrected chi connectivity index (χ2v) is 1.92. The van der Waals surface area contributed by atoms with Crippen LogP contribution in [0.15, 0.2) is 0 Å². The van der Waals surface area contributed by atoms with E-state index in [1.165, 1.54) is 0 Å². The molecule has 0 saturated heterocycles. The topological polar surface area (TPSA) is 83.8 Å². The Labute approximate surface area is 66.9 Å². The van der Waals surface area contributed by atoms with Gasteiger partial charge in [-0.2, -0.15) is 8.42 Å². The van der Waals surface area contributed by atoms with Crippen molar-refractivity contribution in [1.82, 2.24) is 0 Å². The number of rotatable bonds is 2. The molecule has 2 N–H and O–H groups in total. The van der Waals surface area contributed by atoms with E-state index in [4.69, 9.17) is 9.11 Å². The minimum absolute atomic E-state index is 0. The van der Waals surface area contributed by atoms with Crippen molar-refractivity contribution in [2.24, 2.45) is 0 Å². The van der Waals surface area contributed by atoms with Crippen molar-refractivity contribution in [3.8, 4) is 0 Å². The lowest BCUT2D eigenvalue weighted by Gasteiger charge is -1.82. The summed E-state index contributed by atoms with van der Waals surface area (Å²) in [5.41, 5.74) is 0. The molecule has 0 aromatic rings. The highest BCUT2D eigenvalue weighted by Crippen LogP contribution is 1.79. The highest BCUT2D eigenvalue weighted by molar-refractivity contribution is 7.87. The van der Waals surface area contributed by atoms with Gasteiger partial charge in [-0.1, -0.05) is 0 Å². The molecular weight excluding hydrogens is 168 g/mol. The maximum absolute atomic E-state index is 9.35. The molecule has 2 radical (unpaired) electrons. The quantitative estimate of drug-likeness (QED) is 0.406. The van der Waals surface area contributed by atoms with Gasteiger partial charge >= 0.3 is 22.7 Å². The van der Waals surface area contributed by atoms with Crippen molar-refractivity contribution < 1.29 is 21.2 Å². The maximum Gasteiger partial charge on any atom is 0.317 e. The Bertz CT molecular complexity index is 86.6. The molecule has 8 heavy (non-hydrogen) atoms. The van der Waals surface area contributed by atoms with Crippen LogP contribution in [0.4, 0.5) is 0 Å². The lowest BCUT2D eigenvalue weighted by atomic mass is 15.8. The molecule has 0 aliphatic heterocycles. The van der Waals surface area contributed by atoms with Gasteiger partial charge in [-0.3, -0.25) is 9.11 Å². The van der Waals surface area contributed by atoms with Crippen LogP contribution in [0.3, 0.4) is 0 Å². The van der Waals surface area contributed by atoms with Crippen LogP contribution in [0.25, 0.3) is 0 Å². The van der Waals surface area contributed by atoms with E-state index in [0.29, 0.717) is 0 Å². The second-order valence-electron chi connectivity index (χ2n) is 0.502. The fraction of sp³-hybridized carbons (Fsp3) is 0. The summed E-state index contributed by atoms with van der Waals surface area (Å²) in [6, 6.07) is 0. The first kappa shape index (κ1) is 11.7. The molecule has 0 saturated carbocycles. The molecule has 0 aromatic heterocycles. The first-order chi connectivity index (χ1) is 3.13. The van der Waals surface area contributed by atoms with Crippen LogP contribution < -0.4 is 0 Å². The number of hydrogen-bond acceptors (Lipinski definition) is 3. The summed E-state index contributed by atoms with van der Waals surface area (Å²) in [4.78, 5) is 0. The van der Waals surface area contributed by atoms with E-state index in [-0.39, 0.29) is 23.1 Å². The summed E-state index contributed by atoms with van der Waals surface area (Å²) in [5, 5.41) is 0. The summed E-state index contributed by atoms with van der Waals surface area (Å²) in [6.45, 7) is 0. The summed E-state index contributed by atoms with van der Waals surface area (Å²) >= 11 is -5.29. The van der Waals surface area contributed by atoms with Crippen molar-refractivity contribution in [3.05, 3.63) is 0 Å². The first-order valence-electron chi connectivity index (χ1n) is 1.03. The van der Waals surface area contributed by atoms with Gasteiger partial charge in [-0.15, -0.1) is 3.63 Å². The summed E-state index contributed by atoms with van der Waals surface area (Å²) in [5.74, 6) is 0. The van der Waals surface area contributed by atoms with Crippen LogP contribution in [0.5, 0.6) is 0 Å². The van der Waals surface area contributed by atoms with Crippen LogP contribution >= 0.6 is 0 Å². The smallest absolute Gasteiger partial charge is 0.283 e. The molecule has 0 amide bonds. The lowest BCUT2D eigenvalue weighted by molar-refractivity contribution is 0.427. The molecule has 0 aliphatic carbocycles. The van der Waals surface area contributed by atoms with Crippen LogP contribution in [0.2, 0.25) is 0 Å². The highest BCUT2D eigenvalue weighted by Gasteiger charge is 1.95. The van der Waals surface area contributed by atoms with Crippen LogP contribution in [0, 0.1) is 0 Å². The van der Waals surface area contributed by atoms with E-state index >= 15 is 0 Å². The standard InChI is InChI=1S/Mg.H2O5S2/c;1-6(2)5-7(3)4/h;(H,1,2)(H,3,4). The Kier molecular flexibility index (Phi) is 8.89. The van der Waals surface area contributed by atoms with Crippen molar-refractivity contribution in [2.75, 3.05) is 0 Å². The fourth-order valence-electron chi connectivity index (χ4n) is 0.0498. The van der Waals surface area contributed by atoms with E-state index in [1.807, 2.05) is 0 Å². The molecule has 0 aliphatic rings. The van der Waals surface area contributed by atoms with Gasteiger partial charge in [-0.25, -0.2) is 0 Å². The van der Waals surface area contributed by atoms with Gasteiger partial charge in [0.25, 0.3) is 0 Å². The molecule has 0 unspecified atom stereocenters. The van der Waals surface area contributed by atoms with Gasteiger partial charge in [0.05, 0.1) is 0 Å². The van der Waals surface area contributed by atoms with Crippen molar-refractivity contribution in [3.63, 3.8) is 0 Å². The van der Waals surface area contributed by atoms with E-state index in [2.05, 4.69) is 3.63 Å². The molecular formula is H2MgO5S2. The summed E-state index contributed by atoms with van der Waals surface area (Å²) in [6.07, 6.45) is 0. The minimum Gasteiger partial charge on any atom is -0.283 e. The van der Waals surface area contributed by atoms with Gasteiger partial charge in [0.15, 0.2) is 0 Å². The van der Waals surface area contributed by atoms with Crippen molar-refractivity contribution >= 4 is 45.8 Å². The molecule has 46 valence electrons. The van der Waals surface area contributed by atoms with Gasteiger partial charge in [0, 0.05) is 23.1 Å². The van der Waals surface area contributed by atoms with Gasteiger partial charge < -0.3 is 0 Å². The van der Waals surface area contributed by atoms with E-state index in [9.17, 15) is 8.42 Å². The van der Waals surface area contributed by atoms with E-state index in [1.54, 1.807) is 0 Å². The van der Waals surface area contributed by atoms with Gasteiger partial charge in [0.1, 0.15) is 0 Å². The largest absolute Gasteiger partial charge is 0.317 e. The lowest BCUT2D eigenvalue weighted by Crippen LogP contribution is -1.96. The third-order valence-corrected chi connectivity index (χ3v) is 1.05. The number of hydrogen-bond donors (Lipinski definition) is 2. The molecule has 0 heterocycles. The molecule has 0 fully saturated rings. The molecule has 0 spiro atoms. The second kappa shape index (κ2) is 6.07. The Hall–Kier alpha value is 0.946. The third kappa shape index (κ3) is 10.0. The van der Waals surface area contributed by atoms with Gasteiger partial charge in [-0.05, 0) is 0 Å². The Morgan fingerprint density at radius 1 is 1.12 bits per heavy atom. The zero-order chi connectivity index (χ0) is 5.86. The van der Waals surface area contributed by atoms with E-state index in [0.717, 1.165) is 0 Å². The highest BCUT2D eigenvalue weighted by atomic mass is 32.3. The molecule has 5 nitrogen and oxygen atoms in total. The third-order valence-electron chi connectivity index (χ3n) is 0.116. The molecule has 0 rings (SSSR count). The molecule has 0 bridgehead atoms. The first-order valence-corrected chi connectivity index (χ1v) is 3.10. The molecule has 8 heteroatoms. The van der Waals surface area contributed by atoms with Gasteiger partial charge in [0.2, 0.25) is 0 Å². The van der Waals surface area contributed by atoms with Crippen LogP contribution in [0.1, 0.15) is 0 Å². The van der Waals surface area contributed by atoms with E-state index < -0.39 is 22.7 Å². The maximum atomic E-state index is 9.35. The van der Waals surface area contributed by atoms with Crippen LogP contribution in [-0.4, -0.2) is 40.6 Å². The fourth-order valence-corrected chi connectivity index (χ4v) is 0.448. The summed E-state index contributed by atoms with van der Waals surface area (Å²) in [7, 11) is 0. The average molecular weight is 170 g/mol. The molecule has 0 atom stereocenters. The normalized spacial score (nSPS) is 16.2. The SMILES string of the molecule is O=S(O)OS(=O)O.[Mg]. The summed E-state index contributed by atoms with van der Waals surface area (Å²) < 4.78 is 37.2. The monoisotopic (exact) mass is 170 g/mol.